The third-order valence-electron chi connectivity index (χ3n) is 6.14. The van der Waals surface area contributed by atoms with Gasteiger partial charge in [0, 0.05) is 43.0 Å². The maximum absolute atomic E-state index is 13.3. The molecule has 9 nitrogen and oxygen atoms in total. The van der Waals surface area contributed by atoms with Gasteiger partial charge in [-0.1, -0.05) is 20.8 Å². The lowest BCUT2D eigenvalue weighted by Crippen LogP contribution is -2.31. The average Bonchev–Trinajstić information content (AvgIpc) is 3.39. The highest BCUT2D eigenvalue weighted by Crippen LogP contribution is 2.30. The number of nitrogens with one attached hydrogen (secondary N) is 1. The summed E-state index contributed by atoms with van der Waals surface area (Å²) in [4.78, 5) is 17.0. The summed E-state index contributed by atoms with van der Waals surface area (Å²) in [6, 6.07) is 5.08. The van der Waals surface area contributed by atoms with Crippen LogP contribution in [0.4, 0.5) is 0 Å². The predicted octanol–water partition coefficient (Wildman–Crippen LogP) is 3.26. The fourth-order valence-corrected chi connectivity index (χ4v) is 5.61. The van der Waals surface area contributed by atoms with Gasteiger partial charge >= 0.3 is 0 Å². The quantitative estimate of drug-likeness (QED) is 0.532. The molecule has 0 atom stereocenters. The van der Waals surface area contributed by atoms with E-state index in [4.69, 9.17) is 9.72 Å². The number of amides is 1. The number of carbonyl (C=O) groups excluding carboxylic acids is 1. The molecule has 1 aromatic carbocycles. The first-order chi connectivity index (χ1) is 16.4. The van der Waals surface area contributed by atoms with Crippen LogP contribution >= 0.6 is 0 Å². The van der Waals surface area contributed by atoms with Crippen LogP contribution in [0.1, 0.15) is 58.8 Å². The van der Waals surface area contributed by atoms with E-state index in [1.54, 1.807) is 12.1 Å². The Bertz CT molecular complexity index is 1310. The van der Waals surface area contributed by atoms with Crippen LogP contribution in [0.25, 0.3) is 11.0 Å². The standard InChI is InChI=1S/C25H35N5O4S/c1-17(2)27-23(31)12-19-14-26-30(16-19)35(32,33)20-6-7-22-21(13-20)28-24(25(3,4)5)29(22)15-18-8-10-34-11-9-18/h6-7,13-14,16-18H,8-12,15H2,1-5H3,(H,27,31). The van der Waals surface area contributed by atoms with Crippen LogP contribution in [0.3, 0.4) is 0 Å². The second-order valence-electron chi connectivity index (χ2n) is 10.6. The van der Waals surface area contributed by atoms with E-state index in [0.717, 1.165) is 48.0 Å². The molecule has 0 radical (unpaired) electrons. The molecule has 0 unspecified atom stereocenters. The zero-order valence-electron chi connectivity index (χ0n) is 21.1. The highest BCUT2D eigenvalue weighted by molar-refractivity contribution is 7.89. The van der Waals surface area contributed by atoms with Crippen molar-refractivity contribution in [1.29, 1.82) is 0 Å². The van der Waals surface area contributed by atoms with Crippen LogP contribution in [-0.4, -0.2) is 52.3 Å². The van der Waals surface area contributed by atoms with E-state index < -0.39 is 10.0 Å². The van der Waals surface area contributed by atoms with E-state index in [1.807, 2.05) is 19.9 Å². The highest BCUT2D eigenvalue weighted by atomic mass is 32.2. The van der Waals surface area contributed by atoms with Gasteiger partial charge in [0.1, 0.15) is 5.82 Å². The van der Waals surface area contributed by atoms with Gasteiger partial charge in [0.15, 0.2) is 0 Å². The highest BCUT2D eigenvalue weighted by Gasteiger charge is 2.27. The molecule has 4 rings (SSSR count). The Labute approximate surface area is 206 Å². The molecule has 1 aliphatic rings. The molecule has 10 heteroatoms. The fourth-order valence-electron chi connectivity index (χ4n) is 4.44. The number of hydrogen-bond donors (Lipinski definition) is 1. The third-order valence-corrected chi connectivity index (χ3v) is 7.69. The maximum atomic E-state index is 13.3. The molecule has 1 saturated heterocycles. The van der Waals surface area contributed by atoms with Crippen molar-refractivity contribution < 1.29 is 17.9 Å². The van der Waals surface area contributed by atoms with Crippen molar-refractivity contribution in [2.45, 2.75) is 76.8 Å². The van der Waals surface area contributed by atoms with Crippen LogP contribution in [0.2, 0.25) is 0 Å². The van der Waals surface area contributed by atoms with Crippen LogP contribution in [-0.2, 0) is 37.9 Å². The van der Waals surface area contributed by atoms with Crippen molar-refractivity contribution in [3.63, 3.8) is 0 Å². The number of benzene rings is 1. The van der Waals surface area contributed by atoms with Gasteiger partial charge in [0.05, 0.1) is 28.5 Å². The minimum Gasteiger partial charge on any atom is -0.381 e. The molecule has 1 aliphatic heterocycles. The summed E-state index contributed by atoms with van der Waals surface area (Å²) in [6.45, 7) is 12.5. The number of carbonyl (C=O) groups is 1. The van der Waals surface area contributed by atoms with Crippen molar-refractivity contribution >= 4 is 27.0 Å². The number of fused-ring (bicyclic) bond motifs is 1. The molecule has 0 spiro atoms. The molecular weight excluding hydrogens is 466 g/mol. The molecule has 2 aromatic heterocycles. The fraction of sp³-hybridized carbons (Fsp3) is 0.560. The van der Waals surface area contributed by atoms with E-state index in [0.29, 0.717) is 17.0 Å². The molecule has 3 heterocycles. The van der Waals surface area contributed by atoms with Gasteiger partial charge in [-0.25, -0.2) is 4.98 Å². The summed E-state index contributed by atoms with van der Waals surface area (Å²) in [6.07, 6.45) is 4.89. The lowest BCUT2D eigenvalue weighted by atomic mass is 9.94. The number of rotatable bonds is 7. The van der Waals surface area contributed by atoms with E-state index >= 15 is 0 Å². The Morgan fingerprint density at radius 1 is 1.23 bits per heavy atom. The predicted molar refractivity (Wildman–Crippen MR) is 134 cm³/mol. The first kappa shape index (κ1) is 25.4. The summed E-state index contributed by atoms with van der Waals surface area (Å²) in [5.74, 6) is 1.26. The van der Waals surface area contributed by atoms with Gasteiger partial charge in [-0.3, -0.25) is 4.79 Å². The van der Waals surface area contributed by atoms with Gasteiger partial charge in [-0.2, -0.15) is 17.6 Å². The first-order valence-corrected chi connectivity index (χ1v) is 13.6. The lowest BCUT2D eigenvalue weighted by molar-refractivity contribution is -0.120. The largest absolute Gasteiger partial charge is 0.381 e. The summed E-state index contributed by atoms with van der Waals surface area (Å²) >= 11 is 0. The van der Waals surface area contributed by atoms with E-state index in [9.17, 15) is 13.2 Å². The minimum absolute atomic E-state index is 0.0113. The van der Waals surface area contributed by atoms with E-state index in [-0.39, 0.29) is 28.7 Å². The normalized spacial score (nSPS) is 15.7. The van der Waals surface area contributed by atoms with Crippen LogP contribution in [0.5, 0.6) is 0 Å². The van der Waals surface area contributed by atoms with Gasteiger partial charge in [0.2, 0.25) is 5.91 Å². The molecule has 0 bridgehead atoms. The van der Waals surface area contributed by atoms with Crippen LogP contribution in [0.15, 0.2) is 35.5 Å². The second-order valence-corrected chi connectivity index (χ2v) is 12.4. The van der Waals surface area contributed by atoms with Crippen molar-refractivity contribution in [3.05, 3.63) is 42.0 Å². The Balaban J connectivity index is 1.65. The van der Waals surface area contributed by atoms with Crippen LogP contribution in [0, 0.1) is 5.92 Å². The average molecular weight is 502 g/mol. The molecular formula is C25H35N5O4S. The molecule has 1 fully saturated rings. The van der Waals surface area contributed by atoms with E-state index in [2.05, 4.69) is 35.8 Å². The summed E-state index contributed by atoms with van der Waals surface area (Å²) in [5, 5.41) is 6.82. The Morgan fingerprint density at radius 2 is 1.94 bits per heavy atom. The Kier molecular flexibility index (Phi) is 7.06. The zero-order chi connectivity index (χ0) is 25.4. The van der Waals surface area contributed by atoms with Crippen molar-refractivity contribution in [3.8, 4) is 0 Å². The molecule has 3 aromatic rings. The summed E-state index contributed by atoms with van der Waals surface area (Å²) < 4.78 is 35.3. The molecule has 1 N–H and O–H groups in total. The van der Waals surface area contributed by atoms with Crippen molar-refractivity contribution in [2.24, 2.45) is 5.92 Å². The molecule has 0 aliphatic carbocycles. The summed E-state index contributed by atoms with van der Waals surface area (Å²) in [5.41, 5.74) is 1.90. The van der Waals surface area contributed by atoms with Crippen molar-refractivity contribution in [2.75, 3.05) is 13.2 Å². The molecule has 190 valence electrons. The van der Waals surface area contributed by atoms with Crippen molar-refractivity contribution in [1.82, 2.24) is 24.1 Å². The smallest absolute Gasteiger partial charge is 0.283 e. The van der Waals surface area contributed by atoms with E-state index in [1.165, 1.54) is 12.4 Å². The minimum atomic E-state index is -3.93. The SMILES string of the molecule is CC(C)NC(=O)Cc1cnn(S(=O)(=O)c2ccc3c(c2)nc(C(C)(C)C)n3CC2CCOCC2)c1. The Morgan fingerprint density at radius 3 is 2.60 bits per heavy atom. The molecule has 1 amide bonds. The number of imidazole rings is 1. The second kappa shape index (κ2) is 9.73. The topological polar surface area (TPSA) is 108 Å². The molecule has 35 heavy (non-hydrogen) atoms. The van der Waals surface area contributed by atoms with Gasteiger partial charge in [-0.15, -0.1) is 0 Å². The van der Waals surface area contributed by atoms with Crippen LogP contribution < -0.4 is 5.32 Å². The lowest BCUT2D eigenvalue weighted by Gasteiger charge is -2.26. The number of aromatic nitrogens is 4. The number of ether oxygens (including phenoxy) is 1. The number of hydrogen-bond acceptors (Lipinski definition) is 6. The monoisotopic (exact) mass is 501 g/mol. The summed E-state index contributed by atoms with van der Waals surface area (Å²) in [7, 11) is -3.93. The van der Waals surface area contributed by atoms with Gasteiger partial charge < -0.3 is 14.6 Å². The van der Waals surface area contributed by atoms with Gasteiger partial charge in [-0.05, 0) is 50.8 Å². The number of nitrogens with zero attached hydrogens (tertiary/aromatic N) is 4. The zero-order valence-corrected chi connectivity index (χ0v) is 21.9. The van der Waals surface area contributed by atoms with Gasteiger partial charge in [0.25, 0.3) is 10.0 Å². The Hall–Kier alpha value is -2.72. The first-order valence-electron chi connectivity index (χ1n) is 12.1. The third kappa shape index (κ3) is 5.59. The molecule has 0 saturated carbocycles. The maximum Gasteiger partial charge on any atom is 0.283 e.